The van der Waals surface area contributed by atoms with Crippen molar-refractivity contribution in [2.24, 2.45) is 5.84 Å². The minimum atomic E-state index is 0.0215. The van der Waals surface area contributed by atoms with Gasteiger partial charge in [-0.15, -0.1) is 0 Å². The standard InChI is InChI=1S/C12H27N3O2/c1-4-12(3,11(14-13)10-16-5-2)15-6-8-17-9-7-15/h11,14H,4-10,13H2,1-3H3. The number of nitrogens with zero attached hydrogens (tertiary/aromatic N) is 1. The van der Waals surface area contributed by atoms with Crippen LogP contribution in [0.5, 0.6) is 0 Å². The molecule has 17 heavy (non-hydrogen) atoms. The minimum absolute atomic E-state index is 0.0215. The van der Waals surface area contributed by atoms with E-state index in [-0.39, 0.29) is 11.6 Å². The van der Waals surface area contributed by atoms with E-state index in [9.17, 15) is 0 Å². The van der Waals surface area contributed by atoms with Gasteiger partial charge in [0.15, 0.2) is 0 Å². The van der Waals surface area contributed by atoms with Gasteiger partial charge in [0.05, 0.1) is 25.9 Å². The summed E-state index contributed by atoms with van der Waals surface area (Å²) in [5.41, 5.74) is 2.94. The Labute approximate surface area is 105 Å². The van der Waals surface area contributed by atoms with E-state index in [1.165, 1.54) is 0 Å². The van der Waals surface area contributed by atoms with Gasteiger partial charge in [-0.2, -0.15) is 0 Å². The maximum absolute atomic E-state index is 5.69. The van der Waals surface area contributed by atoms with Crippen LogP contribution in [0.2, 0.25) is 0 Å². The molecular weight excluding hydrogens is 218 g/mol. The first-order valence-electron chi connectivity index (χ1n) is 6.55. The molecule has 0 radical (unpaired) electrons. The fraction of sp³-hybridized carbons (Fsp3) is 1.00. The molecule has 1 rings (SSSR count). The van der Waals surface area contributed by atoms with E-state index in [1.807, 2.05) is 6.92 Å². The molecule has 1 heterocycles. The number of hydrogen-bond acceptors (Lipinski definition) is 5. The zero-order valence-electron chi connectivity index (χ0n) is 11.4. The normalized spacial score (nSPS) is 23.3. The average Bonchev–Trinajstić information content (AvgIpc) is 2.40. The van der Waals surface area contributed by atoms with Crippen LogP contribution in [-0.2, 0) is 9.47 Å². The Hall–Kier alpha value is -0.200. The number of nitrogens with one attached hydrogen (secondary N) is 1. The molecule has 0 aromatic heterocycles. The summed E-state index contributed by atoms with van der Waals surface area (Å²) in [6.07, 6.45) is 1.04. The van der Waals surface area contributed by atoms with Crippen LogP contribution >= 0.6 is 0 Å². The van der Waals surface area contributed by atoms with Crippen molar-refractivity contribution in [3.63, 3.8) is 0 Å². The number of ether oxygens (including phenoxy) is 2. The fourth-order valence-electron chi connectivity index (χ4n) is 2.41. The lowest BCUT2D eigenvalue weighted by Crippen LogP contribution is -2.64. The molecule has 1 saturated heterocycles. The van der Waals surface area contributed by atoms with Gasteiger partial charge in [-0.25, -0.2) is 0 Å². The zero-order valence-corrected chi connectivity index (χ0v) is 11.4. The molecule has 0 spiro atoms. The molecule has 0 aliphatic carbocycles. The van der Waals surface area contributed by atoms with Crippen LogP contribution in [-0.4, -0.2) is 56.0 Å². The lowest BCUT2D eigenvalue weighted by Gasteiger charge is -2.47. The van der Waals surface area contributed by atoms with Gasteiger partial charge in [0.2, 0.25) is 0 Å². The highest BCUT2D eigenvalue weighted by molar-refractivity contribution is 4.96. The molecule has 102 valence electrons. The highest BCUT2D eigenvalue weighted by atomic mass is 16.5. The minimum Gasteiger partial charge on any atom is -0.380 e. The van der Waals surface area contributed by atoms with Crippen molar-refractivity contribution < 1.29 is 9.47 Å². The first kappa shape index (κ1) is 14.9. The summed E-state index contributed by atoms with van der Waals surface area (Å²) in [4.78, 5) is 2.46. The number of hydrazine groups is 1. The van der Waals surface area contributed by atoms with Crippen LogP contribution in [0.25, 0.3) is 0 Å². The predicted molar refractivity (Wildman–Crippen MR) is 68.7 cm³/mol. The molecule has 0 bridgehead atoms. The van der Waals surface area contributed by atoms with Crippen molar-refractivity contribution >= 4 is 0 Å². The molecule has 1 fully saturated rings. The van der Waals surface area contributed by atoms with Gasteiger partial charge in [-0.3, -0.25) is 16.2 Å². The molecular formula is C12H27N3O2. The quantitative estimate of drug-likeness (QED) is 0.501. The molecule has 3 N–H and O–H groups in total. The summed E-state index contributed by atoms with van der Waals surface area (Å²) in [6.45, 7) is 11.4. The number of morpholine rings is 1. The van der Waals surface area contributed by atoms with Gasteiger partial charge in [0.1, 0.15) is 0 Å². The van der Waals surface area contributed by atoms with E-state index in [4.69, 9.17) is 15.3 Å². The Bertz CT molecular complexity index is 210. The number of hydrogen-bond donors (Lipinski definition) is 2. The van der Waals surface area contributed by atoms with E-state index in [2.05, 4.69) is 24.2 Å². The number of rotatable bonds is 7. The van der Waals surface area contributed by atoms with Crippen LogP contribution in [0.3, 0.4) is 0 Å². The molecule has 0 aromatic rings. The Balaban J connectivity index is 2.68. The first-order chi connectivity index (χ1) is 8.19. The Kier molecular flexibility index (Phi) is 6.37. The third-order valence-electron chi connectivity index (χ3n) is 3.89. The molecule has 0 aromatic carbocycles. The first-order valence-corrected chi connectivity index (χ1v) is 6.55. The second-order valence-electron chi connectivity index (χ2n) is 4.69. The van der Waals surface area contributed by atoms with E-state index in [1.54, 1.807) is 0 Å². The average molecular weight is 245 g/mol. The largest absolute Gasteiger partial charge is 0.380 e. The van der Waals surface area contributed by atoms with Crippen molar-refractivity contribution in [3.05, 3.63) is 0 Å². The monoisotopic (exact) mass is 245 g/mol. The second-order valence-corrected chi connectivity index (χ2v) is 4.69. The van der Waals surface area contributed by atoms with Crippen LogP contribution in [0.1, 0.15) is 27.2 Å². The maximum atomic E-state index is 5.69. The summed E-state index contributed by atoms with van der Waals surface area (Å²) in [5, 5.41) is 0. The zero-order chi connectivity index (χ0) is 12.7. The van der Waals surface area contributed by atoms with Gasteiger partial charge >= 0.3 is 0 Å². The van der Waals surface area contributed by atoms with Gasteiger partial charge in [-0.1, -0.05) is 6.92 Å². The smallest absolute Gasteiger partial charge is 0.0650 e. The van der Waals surface area contributed by atoms with Crippen LogP contribution < -0.4 is 11.3 Å². The molecule has 1 aliphatic heterocycles. The van der Waals surface area contributed by atoms with Gasteiger partial charge in [0.25, 0.3) is 0 Å². The maximum Gasteiger partial charge on any atom is 0.0650 e. The van der Waals surface area contributed by atoms with Crippen molar-refractivity contribution in [2.45, 2.75) is 38.8 Å². The van der Waals surface area contributed by atoms with E-state index in [0.717, 1.165) is 39.3 Å². The van der Waals surface area contributed by atoms with Crippen molar-refractivity contribution in [3.8, 4) is 0 Å². The van der Waals surface area contributed by atoms with Crippen LogP contribution in [0, 0.1) is 0 Å². The molecule has 0 saturated carbocycles. The highest BCUT2D eigenvalue weighted by Crippen LogP contribution is 2.24. The molecule has 2 unspecified atom stereocenters. The SMILES string of the molecule is CCOCC(NN)C(C)(CC)N1CCOCC1. The molecule has 5 heteroatoms. The van der Waals surface area contributed by atoms with Crippen LogP contribution in [0.15, 0.2) is 0 Å². The summed E-state index contributed by atoms with van der Waals surface area (Å²) in [6, 6.07) is 0.144. The molecule has 0 amide bonds. The van der Waals surface area contributed by atoms with E-state index < -0.39 is 0 Å². The molecule has 2 atom stereocenters. The summed E-state index contributed by atoms with van der Waals surface area (Å²) in [5.74, 6) is 5.69. The van der Waals surface area contributed by atoms with Crippen LogP contribution in [0.4, 0.5) is 0 Å². The van der Waals surface area contributed by atoms with Gasteiger partial charge in [0, 0.05) is 25.2 Å². The topological polar surface area (TPSA) is 59.8 Å². The third kappa shape index (κ3) is 3.63. The summed E-state index contributed by atoms with van der Waals surface area (Å²) < 4.78 is 10.9. The lowest BCUT2D eigenvalue weighted by atomic mass is 9.87. The summed E-state index contributed by atoms with van der Waals surface area (Å²) >= 11 is 0. The van der Waals surface area contributed by atoms with E-state index in [0.29, 0.717) is 6.61 Å². The van der Waals surface area contributed by atoms with Gasteiger partial charge in [-0.05, 0) is 20.3 Å². The van der Waals surface area contributed by atoms with Gasteiger partial charge < -0.3 is 9.47 Å². The Morgan fingerprint density at radius 1 is 1.41 bits per heavy atom. The second kappa shape index (κ2) is 7.28. The highest BCUT2D eigenvalue weighted by Gasteiger charge is 2.38. The summed E-state index contributed by atoms with van der Waals surface area (Å²) in [7, 11) is 0. The fourth-order valence-corrected chi connectivity index (χ4v) is 2.41. The third-order valence-corrected chi connectivity index (χ3v) is 3.89. The molecule has 5 nitrogen and oxygen atoms in total. The number of nitrogens with two attached hydrogens (primary N) is 1. The van der Waals surface area contributed by atoms with Crippen molar-refractivity contribution in [1.82, 2.24) is 10.3 Å². The Morgan fingerprint density at radius 3 is 2.53 bits per heavy atom. The lowest BCUT2D eigenvalue weighted by molar-refractivity contribution is -0.0458. The Morgan fingerprint density at radius 2 is 2.06 bits per heavy atom. The van der Waals surface area contributed by atoms with E-state index >= 15 is 0 Å². The predicted octanol–water partition coefficient (Wildman–Crippen LogP) is 0.356. The molecule has 1 aliphatic rings. The van der Waals surface area contributed by atoms with Crippen molar-refractivity contribution in [2.75, 3.05) is 39.5 Å². The van der Waals surface area contributed by atoms with Crippen molar-refractivity contribution in [1.29, 1.82) is 0 Å².